The van der Waals surface area contributed by atoms with Crippen LogP contribution in [0.2, 0.25) is 0 Å². The summed E-state index contributed by atoms with van der Waals surface area (Å²) in [6.07, 6.45) is 0. The highest BCUT2D eigenvalue weighted by atomic mass is 15.0. The van der Waals surface area contributed by atoms with Gasteiger partial charge >= 0.3 is 0 Å². The number of aromatic nitrogens is 3. The SMILES string of the molecule is [2H]c1c([2H])c(-c2ccccc2)c2c([2H])c(-c3nc(-c4ccccc4)nc(-c4cccc(-c5ccc(-c6ccccc6)c6ccccc56)c4)n3)c([2H])c([2H])c2c1[2H]. The molecule has 0 N–H and O–H groups in total. The van der Waals surface area contributed by atoms with Crippen molar-refractivity contribution in [3.8, 4) is 67.5 Å². The zero-order valence-electron chi connectivity index (χ0n) is 32.8. The molecule has 9 aromatic rings. The van der Waals surface area contributed by atoms with Crippen molar-refractivity contribution in [2.24, 2.45) is 0 Å². The van der Waals surface area contributed by atoms with Crippen molar-refractivity contribution >= 4 is 21.5 Å². The molecule has 1 aromatic heterocycles. The summed E-state index contributed by atoms with van der Waals surface area (Å²) in [5, 5.41) is 2.33. The van der Waals surface area contributed by atoms with Crippen LogP contribution in [0.4, 0.5) is 0 Å². The summed E-state index contributed by atoms with van der Waals surface area (Å²) in [4.78, 5) is 14.6. The number of hydrogen-bond acceptors (Lipinski definition) is 3. The van der Waals surface area contributed by atoms with E-state index in [0.717, 1.165) is 33.0 Å². The number of rotatable bonds is 6. The van der Waals surface area contributed by atoms with Crippen LogP contribution in [0.25, 0.3) is 89.1 Å². The van der Waals surface area contributed by atoms with Gasteiger partial charge in [0.15, 0.2) is 17.5 Å². The van der Waals surface area contributed by atoms with Crippen molar-refractivity contribution in [3.63, 3.8) is 0 Å². The van der Waals surface area contributed by atoms with E-state index in [0.29, 0.717) is 28.3 Å². The van der Waals surface area contributed by atoms with Crippen molar-refractivity contribution in [1.82, 2.24) is 15.0 Å². The molecule has 0 saturated heterocycles. The Morgan fingerprint density at radius 3 is 1.50 bits per heavy atom. The lowest BCUT2D eigenvalue weighted by molar-refractivity contribution is 1.07. The molecule has 9 rings (SSSR count). The van der Waals surface area contributed by atoms with Crippen molar-refractivity contribution in [1.29, 1.82) is 0 Å². The molecule has 0 atom stereocenters. The fourth-order valence-corrected chi connectivity index (χ4v) is 6.42. The third-order valence-electron chi connectivity index (χ3n) is 8.83. The first kappa shape index (κ1) is 23.6. The summed E-state index contributed by atoms with van der Waals surface area (Å²) in [7, 11) is 0. The van der Waals surface area contributed by atoms with Crippen LogP contribution in [-0.4, -0.2) is 15.0 Å². The van der Waals surface area contributed by atoms with E-state index in [2.05, 4.69) is 42.5 Å². The largest absolute Gasteiger partial charge is 0.208 e. The summed E-state index contributed by atoms with van der Waals surface area (Å²) >= 11 is 0. The predicted octanol–water partition coefficient (Wildman–Crippen LogP) is 12.2. The molecule has 0 unspecified atom stereocenters. The van der Waals surface area contributed by atoms with Crippen LogP contribution in [0.15, 0.2) is 188 Å². The van der Waals surface area contributed by atoms with Gasteiger partial charge in [-0.15, -0.1) is 0 Å². The molecular weight excluding hydrogens is 607 g/mol. The Morgan fingerprint density at radius 1 is 0.340 bits per heavy atom. The normalized spacial score (nSPS) is 12.9. The maximum Gasteiger partial charge on any atom is 0.164 e. The molecule has 50 heavy (non-hydrogen) atoms. The molecule has 0 aliphatic rings. The van der Waals surface area contributed by atoms with Crippen LogP contribution in [0.3, 0.4) is 0 Å². The molecule has 8 aromatic carbocycles. The van der Waals surface area contributed by atoms with Crippen LogP contribution in [0.1, 0.15) is 8.22 Å². The monoisotopic (exact) mass is 643 g/mol. The lowest BCUT2D eigenvalue weighted by Gasteiger charge is -2.13. The Kier molecular flexibility index (Phi) is 6.00. The van der Waals surface area contributed by atoms with Gasteiger partial charge in [-0.3, -0.25) is 0 Å². The van der Waals surface area contributed by atoms with Gasteiger partial charge < -0.3 is 0 Å². The second kappa shape index (κ2) is 12.7. The summed E-state index contributed by atoms with van der Waals surface area (Å²) in [6, 6.07) is 47.4. The van der Waals surface area contributed by atoms with Crippen molar-refractivity contribution in [2.75, 3.05) is 0 Å². The van der Waals surface area contributed by atoms with Crippen LogP contribution in [0, 0.1) is 0 Å². The molecule has 1 heterocycles. The summed E-state index contributed by atoms with van der Waals surface area (Å²) < 4.78 is 54.2. The van der Waals surface area contributed by atoms with E-state index in [4.69, 9.17) is 20.4 Å². The van der Waals surface area contributed by atoms with Gasteiger partial charge in [0.05, 0.1) is 8.22 Å². The van der Waals surface area contributed by atoms with E-state index in [1.807, 2.05) is 84.9 Å². The van der Waals surface area contributed by atoms with Crippen molar-refractivity contribution in [2.45, 2.75) is 0 Å². The summed E-state index contributed by atoms with van der Waals surface area (Å²) in [5.74, 6) is 0.666. The Morgan fingerprint density at radius 2 is 0.840 bits per heavy atom. The van der Waals surface area contributed by atoms with Crippen molar-refractivity contribution < 1.29 is 8.22 Å². The minimum atomic E-state index is -0.370. The molecular formula is C47H31N3. The molecule has 0 radical (unpaired) electrons. The lowest BCUT2D eigenvalue weighted by atomic mass is 9.91. The molecule has 234 valence electrons. The average molecular weight is 644 g/mol. The topological polar surface area (TPSA) is 38.7 Å². The van der Waals surface area contributed by atoms with Gasteiger partial charge in [0, 0.05) is 16.7 Å². The summed E-state index contributed by atoms with van der Waals surface area (Å²) in [6.45, 7) is 0. The van der Waals surface area contributed by atoms with Gasteiger partial charge in [-0.25, -0.2) is 15.0 Å². The smallest absolute Gasteiger partial charge is 0.164 e. The van der Waals surface area contributed by atoms with E-state index in [9.17, 15) is 2.74 Å². The third-order valence-corrected chi connectivity index (χ3v) is 8.83. The minimum absolute atomic E-state index is 0.0179. The molecule has 3 nitrogen and oxygen atoms in total. The zero-order valence-corrected chi connectivity index (χ0v) is 26.8. The molecule has 0 saturated carbocycles. The summed E-state index contributed by atoms with van der Waals surface area (Å²) in [5.41, 5.74) is 6.45. The average Bonchev–Trinajstić information content (AvgIpc) is 3.25. The highest BCUT2D eigenvalue weighted by Gasteiger charge is 2.15. The van der Waals surface area contributed by atoms with Gasteiger partial charge in [-0.05, 0) is 67.0 Å². The van der Waals surface area contributed by atoms with Crippen LogP contribution in [-0.2, 0) is 0 Å². The van der Waals surface area contributed by atoms with Gasteiger partial charge in [-0.1, -0.05) is 176 Å². The van der Waals surface area contributed by atoms with Gasteiger partial charge in [-0.2, -0.15) is 0 Å². The molecule has 0 fully saturated rings. The number of nitrogens with zero attached hydrogens (tertiary/aromatic N) is 3. The van der Waals surface area contributed by atoms with E-state index < -0.39 is 0 Å². The Labute approximate surface area is 299 Å². The standard InChI is InChI=1S/C47H31N3/c1-4-14-32(15-5-1)39-25-13-20-34-26-27-38(31-44(34)39)47-49-45(35-18-8-3-9-19-35)48-46(50-47)37-22-12-21-36(30-37)41-29-28-40(33-16-6-2-7-17-33)42-23-10-11-24-43(41)42/h1-31H/i13D,20D,25D,26D,27D,31D. The van der Waals surface area contributed by atoms with E-state index in [1.165, 1.54) is 0 Å². The van der Waals surface area contributed by atoms with Gasteiger partial charge in [0.25, 0.3) is 0 Å². The van der Waals surface area contributed by atoms with Crippen LogP contribution >= 0.6 is 0 Å². The Balaban J connectivity index is 1.27. The predicted molar refractivity (Wildman–Crippen MR) is 207 cm³/mol. The first-order chi connectivity index (χ1) is 27.3. The maximum atomic E-state index is 9.59. The molecule has 3 heteroatoms. The van der Waals surface area contributed by atoms with Crippen LogP contribution in [0.5, 0.6) is 0 Å². The minimum Gasteiger partial charge on any atom is -0.208 e. The van der Waals surface area contributed by atoms with Gasteiger partial charge in [0.2, 0.25) is 0 Å². The van der Waals surface area contributed by atoms with Crippen molar-refractivity contribution in [3.05, 3.63) is 188 Å². The van der Waals surface area contributed by atoms with E-state index in [-0.39, 0.29) is 64.0 Å². The third kappa shape index (κ3) is 5.51. The Hall–Kier alpha value is -6.71. The fraction of sp³-hybridized carbons (Fsp3) is 0. The number of fused-ring (bicyclic) bond motifs is 2. The molecule has 0 aliphatic carbocycles. The maximum absolute atomic E-state index is 9.59. The highest BCUT2D eigenvalue weighted by Crippen LogP contribution is 2.37. The molecule has 0 amide bonds. The molecule has 0 aliphatic heterocycles. The molecule has 0 spiro atoms. The molecule has 0 bridgehead atoms. The lowest BCUT2D eigenvalue weighted by Crippen LogP contribution is -2.00. The number of benzene rings is 8. The quantitative estimate of drug-likeness (QED) is 0.181. The van der Waals surface area contributed by atoms with E-state index in [1.54, 1.807) is 24.3 Å². The highest BCUT2D eigenvalue weighted by molar-refractivity contribution is 6.05. The second-order valence-electron chi connectivity index (χ2n) is 11.9. The fourth-order valence-electron chi connectivity index (χ4n) is 6.42. The number of hydrogen-bond donors (Lipinski definition) is 0. The Bertz CT molecular complexity index is 2970. The van der Waals surface area contributed by atoms with Crippen LogP contribution < -0.4 is 0 Å². The first-order valence-electron chi connectivity index (χ1n) is 19.4. The van der Waals surface area contributed by atoms with Gasteiger partial charge in [0.1, 0.15) is 0 Å². The second-order valence-corrected chi connectivity index (χ2v) is 11.9. The zero-order chi connectivity index (χ0) is 38.5. The van der Waals surface area contributed by atoms with E-state index >= 15 is 0 Å². The first-order valence-corrected chi connectivity index (χ1v) is 16.4.